The van der Waals surface area contributed by atoms with Crippen LogP contribution in [0.3, 0.4) is 0 Å². The Morgan fingerprint density at radius 2 is 1.87 bits per heavy atom. The van der Waals surface area contributed by atoms with Crippen LogP contribution in [0.15, 0.2) is 24.3 Å². The summed E-state index contributed by atoms with van der Waals surface area (Å²) in [5, 5.41) is 0. The van der Waals surface area contributed by atoms with Gasteiger partial charge in [0.2, 0.25) is 0 Å². The first-order valence-corrected chi connectivity index (χ1v) is 3.79. The van der Waals surface area contributed by atoms with Crippen LogP contribution in [0.2, 0.25) is 0 Å². The summed E-state index contributed by atoms with van der Waals surface area (Å²) in [7, 11) is 0. The topological polar surface area (TPSA) is 64.3 Å². The van der Waals surface area contributed by atoms with E-state index >= 15 is 0 Å². The summed E-state index contributed by atoms with van der Waals surface area (Å²) in [5.74, 6) is 1.79. The number of nitrogens with two attached hydrogens (primary N) is 1. The fraction of sp³-hybridized carbons (Fsp3) is 0.125. The molecule has 82 valence electrons. The lowest BCUT2D eigenvalue weighted by molar-refractivity contribution is -0.192. The SMILES string of the molecule is NNC(=O)C(F)(F)Oc1ccc(F)cc1. The number of hydrazine groups is 1. The van der Waals surface area contributed by atoms with Crippen molar-refractivity contribution in [2.45, 2.75) is 6.11 Å². The molecule has 0 aliphatic rings. The third-order valence-electron chi connectivity index (χ3n) is 1.46. The van der Waals surface area contributed by atoms with Gasteiger partial charge in [0.15, 0.2) is 0 Å². The predicted molar refractivity (Wildman–Crippen MR) is 44.3 cm³/mol. The van der Waals surface area contributed by atoms with Crippen LogP contribution in [0.4, 0.5) is 13.2 Å². The van der Waals surface area contributed by atoms with Crippen molar-refractivity contribution < 1.29 is 22.7 Å². The van der Waals surface area contributed by atoms with E-state index in [4.69, 9.17) is 0 Å². The van der Waals surface area contributed by atoms with Gasteiger partial charge in [0.1, 0.15) is 11.6 Å². The van der Waals surface area contributed by atoms with Crippen molar-refractivity contribution in [3.8, 4) is 5.75 Å². The van der Waals surface area contributed by atoms with E-state index < -0.39 is 17.8 Å². The molecule has 7 heteroatoms. The van der Waals surface area contributed by atoms with Gasteiger partial charge in [-0.15, -0.1) is 0 Å². The Bertz CT molecular complexity index is 353. The zero-order valence-electron chi connectivity index (χ0n) is 7.34. The van der Waals surface area contributed by atoms with Crippen LogP contribution in [0.25, 0.3) is 0 Å². The number of hydrogen-bond donors (Lipinski definition) is 2. The standard InChI is InChI=1S/C8H7F3N2O2/c9-5-1-3-6(4-2-5)15-8(10,11)7(14)13-12/h1-4H,12H2,(H,13,14). The van der Waals surface area contributed by atoms with E-state index in [9.17, 15) is 18.0 Å². The second-order valence-corrected chi connectivity index (χ2v) is 2.55. The molecule has 0 heterocycles. The molecular formula is C8H7F3N2O2. The molecule has 0 aromatic heterocycles. The summed E-state index contributed by atoms with van der Waals surface area (Å²) in [6.45, 7) is 0. The maximum absolute atomic E-state index is 12.8. The normalized spacial score (nSPS) is 10.9. The first-order valence-electron chi connectivity index (χ1n) is 3.79. The van der Waals surface area contributed by atoms with Gasteiger partial charge < -0.3 is 4.74 Å². The smallest absolute Gasteiger partial charge is 0.425 e. The second-order valence-electron chi connectivity index (χ2n) is 2.55. The highest BCUT2D eigenvalue weighted by Crippen LogP contribution is 2.21. The van der Waals surface area contributed by atoms with Gasteiger partial charge in [0.25, 0.3) is 0 Å². The molecule has 0 saturated carbocycles. The number of amides is 1. The van der Waals surface area contributed by atoms with E-state index in [-0.39, 0.29) is 5.75 Å². The Balaban J connectivity index is 2.77. The van der Waals surface area contributed by atoms with Gasteiger partial charge in [-0.25, -0.2) is 10.2 Å². The van der Waals surface area contributed by atoms with Crippen LogP contribution in [-0.2, 0) is 4.79 Å². The van der Waals surface area contributed by atoms with E-state index in [1.807, 2.05) is 0 Å². The average molecular weight is 220 g/mol. The van der Waals surface area contributed by atoms with Gasteiger partial charge >= 0.3 is 12.0 Å². The Labute approximate surface area is 82.8 Å². The highest BCUT2D eigenvalue weighted by atomic mass is 19.3. The average Bonchev–Trinajstić information content (AvgIpc) is 2.20. The van der Waals surface area contributed by atoms with Crippen molar-refractivity contribution >= 4 is 5.91 Å². The highest BCUT2D eigenvalue weighted by Gasteiger charge is 2.41. The lowest BCUT2D eigenvalue weighted by Crippen LogP contribution is -2.47. The molecule has 1 rings (SSSR count). The molecule has 0 bridgehead atoms. The van der Waals surface area contributed by atoms with Crippen molar-refractivity contribution in [1.82, 2.24) is 5.43 Å². The Kier molecular flexibility index (Phi) is 3.15. The summed E-state index contributed by atoms with van der Waals surface area (Å²) in [4.78, 5) is 10.5. The third kappa shape index (κ3) is 2.84. The first kappa shape index (κ1) is 11.3. The van der Waals surface area contributed by atoms with Crippen LogP contribution < -0.4 is 16.0 Å². The summed E-state index contributed by atoms with van der Waals surface area (Å²) >= 11 is 0. The number of carbonyl (C=O) groups is 1. The molecule has 0 fully saturated rings. The molecule has 0 spiro atoms. The van der Waals surface area contributed by atoms with E-state index in [0.29, 0.717) is 0 Å². The molecular weight excluding hydrogens is 213 g/mol. The largest absolute Gasteiger partial charge is 0.483 e. The predicted octanol–water partition coefficient (Wildman–Crippen LogP) is 0.787. The molecule has 0 unspecified atom stereocenters. The van der Waals surface area contributed by atoms with Gasteiger partial charge in [-0.2, -0.15) is 8.78 Å². The monoisotopic (exact) mass is 220 g/mol. The molecule has 3 N–H and O–H groups in total. The van der Waals surface area contributed by atoms with E-state index in [0.717, 1.165) is 24.3 Å². The van der Waals surface area contributed by atoms with E-state index in [1.165, 1.54) is 5.43 Å². The minimum Gasteiger partial charge on any atom is -0.425 e. The van der Waals surface area contributed by atoms with Crippen molar-refractivity contribution in [2.75, 3.05) is 0 Å². The van der Waals surface area contributed by atoms with Crippen LogP contribution in [0.1, 0.15) is 0 Å². The van der Waals surface area contributed by atoms with Crippen molar-refractivity contribution in [1.29, 1.82) is 0 Å². The van der Waals surface area contributed by atoms with Gasteiger partial charge in [0, 0.05) is 0 Å². The van der Waals surface area contributed by atoms with Crippen molar-refractivity contribution in [3.05, 3.63) is 30.1 Å². The number of alkyl halides is 2. The fourth-order valence-electron chi connectivity index (χ4n) is 0.781. The minimum atomic E-state index is -4.09. The summed E-state index contributed by atoms with van der Waals surface area (Å²) in [6, 6.07) is 3.78. The second kappa shape index (κ2) is 4.18. The van der Waals surface area contributed by atoms with Gasteiger partial charge in [-0.3, -0.25) is 10.2 Å². The van der Waals surface area contributed by atoms with Gasteiger partial charge in [-0.05, 0) is 24.3 Å². The molecule has 1 aromatic rings. The third-order valence-corrected chi connectivity index (χ3v) is 1.46. The van der Waals surface area contributed by atoms with Crippen LogP contribution >= 0.6 is 0 Å². The molecule has 0 aliphatic carbocycles. The van der Waals surface area contributed by atoms with Crippen molar-refractivity contribution in [2.24, 2.45) is 5.84 Å². The number of nitrogens with one attached hydrogen (secondary N) is 1. The first-order chi connectivity index (χ1) is 6.95. The molecule has 0 aliphatic heterocycles. The quantitative estimate of drug-likeness (QED) is 0.449. The number of halogens is 3. The molecule has 4 nitrogen and oxygen atoms in total. The fourth-order valence-corrected chi connectivity index (χ4v) is 0.781. The highest BCUT2D eigenvalue weighted by molar-refractivity contribution is 5.81. The number of hydrogen-bond acceptors (Lipinski definition) is 3. The molecule has 15 heavy (non-hydrogen) atoms. The Morgan fingerprint density at radius 3 is 2.33 bits per heavy atom. The summed E-state index contributed by atoms with van der Waals surface area (Å²) in [6.07, 6.45) is -4.09. The van der Waals surface area contributed by atoms with Gasteiger partial charge in [-0.1, -0.05) is 0 Å². The summed E-state index contributed by atoms with van der Waals surface area (Å²) in [5.41, 5.74) is 1.25. The van der Waals surface area contributed by atoms with E-state index in [2.05, 4.69) is 10.6 Å². The number of rotatable bonds is 3. The number of ether oxygens (including phenoxy) is 1. The molecule has 1 amide bonds. The zero-order valence-corrected chi connectivity index (χ0v) is 7.34. The lowest BCUT2D eigenvalue weighted by Gasteiger charge is -2.15. The van der Waals surface area contributed by atoms with Crippen LogP contribution in [-0.4, -0.2) is 12.0 Å². The van der Waals surface area contributed by atoms with Gasteiger partial charge in [0.05, 0.1) is 0 Å². The minimum absolute atomic E-state index is 0.343. The number of carbonyl (C=O) groups excluding carboxylic acids is 1. The maximum atomic E-state index is 12.8. The summed E-state index contributed by atoms with van der Waals surface area (Å²) < 4.78 is 42.0. The lowest BCUT2D eigenvalue weighted by atomic mass is 10.3. The number of benzene rings is 1. The molecule has 0 atom stereocenters. The maximum Gasteiger partial charge on any atom is 0.483 e. The molecule has 1 aromatic carbocycles. The van der Waals surface area contributed by atoms with Crippen LogP contribution in [0, 0.1) is 5.82 Å². The van der Waals surface area contributed by atoms with Crippen LogP contribution in [0.5, 0.6) is 5.75 Å². The Hall–Kier alpha value is -1.76. The zero-order chi connectivity index (χ0) is 11.5. The molecule has 0 radical (unpaired) electrons. The Morgan fingerprint density at radius 1 is 1.33 bits per heavy atom. The van der Waals surface area contributed by atoms with E-state index in [1.54, 1.807) is 0 Å². The molecule has 0 saturated heterocycles. The van der Waals surface area contributed by atoms with Crippen molar-refractivity contribution in [3.63, 3.8) is 0 Å².